The molecule has 1 aromatic heterocycles. The second-order valence-electron chi connectivity index (χ2n) is 9.31. The third-order valence-electron chi connectivity index (χ3n) is 6.76. The third kappa shape index (κ3) is 7.25. The van der Waals surface area contributed by atoms with Gasteiger partial charge in [0.05, 0.1) is 17.1 Å². The first kappa shape index (κ1) is 30.3. The maximum Gasteiger partial charge on any atom is 0.332 e. The number of nitrogens with zero attached hydrogens (tertiary/aromatic N) is 5. The second kappa shape index (κ2) is 13.7. The SMILES string of the molecule is Cl.Cn1c(N2CCN(CCCOc3ccccc3C(=O)C=Cc3ccc([N+](=O)[O-])cc3)CC2)cc(=O)n(C)c1=O. The lowest BCUT2D eigenvalue weighted by Crippen LogP contribution is -2.49. The fourth-order valence-corrected chi connectivity index (χ4v) is 4.46. The number of anilines is 1. The molecule has 0 N–H and O–H groups in total. The smallest absolute Gasteiger partial charge is 0.332 e. The van der Waals surface area contributed by atoms with E-state index >= 15 is 0 Å². The Hall–Kier alpha value is -4.22. The first-order chi connectivity index (χ1) is 18.7. The maximum atomic E-state index is 12.8. The van der Waals surface area contributed by atoms with Gasteiger partial charge in [0.1, 0.15) is 11.6 Å². The van der Waals surface area contributed by atoms with Crippen molar-refractivity contribution in [3.05, 3.63) is 103 Å². The van der Waals surface area contributed by atoms with Gasteiger partial charge in [-0.25, -0.2) is 4.79 Å². The van der Waals surface area contributed by atoms with E-state index in [1.807, 2.05) is 6.07 Å². The van der Waals surface area contributed by atoms with Crippen molar-refractivity contribution in [1.29, 1.82) is 0 Å². The summed E-state index contributed by atoms with van der Waals surface area (Å²) in [5.74, 6) is 0.924. The van der Waals surface area contributed by atoms with E-state index in [1.54, 1.807) is 43.5 Å². The zero-order chi connectivity index (χ0) is 27.9. The van der Waals surface area contributed by atoms with E-state index in [-0.39, 0.29) is 35.1 Å². The molecule has 0 atom stereocenters. The Labute approximate surface area is 237 Å². The monoisotopic (exact) mass is 569 g/mol. The molecule has 0 aliphatic carbocycles. The summed E-state index contributed by atoms with van der Waals surface area (Å²) < 4.78 is 8.55. The largest absolute Gasteiger partial charge is 0.493 e. The van der Waals surface area contributed by atoms with Gasteiger partial charge >= 0.3 is 5.69 Å². The first-order valence-electron chi connectivity index (χ1n) is 12.7. The highest BCUT2D eigenvalue weighted by molar-refractivity contribution is 6.08. The summed E-state index contributed by atoms with van der Waals surface area (Å²) in [6, 6.07) is 14.5. The van der Waals surface area contributed by atoms with Crippen molar-refractivity contribution in [3.8, 4) is 5.75 Å². The number of benzene rings is 2. The highest BCUT2D eigenvalue weighted by atomic mass is 35.5. The predicted molar refractivity (Wildman–Crippen MR) is 156 cm³/mol. The molecule has 12 heteroatoms. The Bertz CT molecular complexity index is 1490. The minimum absolute atomic E-state index is 0. The maximum absolute atomic E-state index is 12.8. The Kier molecular flexibility index (Phi) is 10.4. The number of hydrogen-bond donors (Lipinski definition) is 0. The van der Waals surface area contributed by atoms with Gasteiger partial charge in [0.15, 0.2) is 5.78 Å². The quantitative estimate of drug-likeness (QED) is 0.120. The lowest BCUT2D eigenvalue weighted by atomic mass is 10.1. The lowest BCUT2D eigenvalue weighted by molar-refractivity contribution is -0.384. The lowest BCUT2D eigenvalue weighted by Gasteiger charge is -2.36. The van der Waals surface area contributed by atoms with Crippen LogP contribution in [0.1, 0.15) is 22.3 Å². The molecule has 0 radical (unpaired) electrons. The molecule has 0 bridgehead atoms. The number of nitro benzene ring substituents is 1. The molecule has 212 valence electrons. The fourth-order valence-electron chi connectivity index (χ4n) is 4.46. The van der Waals surface area contributed by atoms with Crippen molar-refractivity contribution < 1.29 is 14.5 Å². The number of rotatable bonds is 10. The summed E-state index contributed by atoms with van der Waals surface area (Å²) in [6.45, 7) is 4.27. The van der Waals surface area contributed by atoms with Crippen molar-refractivity contribution >= 4 is 35.8 Å². The minimum Gasteiger partial charge on any atom is -0.493 e. The summed E-state index contributed by atoms with van der Waals surface area (Å²) in [7, 11) is 3.15. The first-order valence-corrected chi connectivity index (χ1v) is 12.7. The van der Waals surface area contributed by atoms with E-state index in [0.717, 1.165) is 30.6 Å². The Balaban J connectivity index is 0.00000441. The summed E-state index contributed by atoms with van der Waals surface area (Å²) in [4.78, 5) is 51.8. The van der Waals surface area contributed by atoms with Crippen molar-refractivity contribution in [2.45, 2.75) is 6.42 Å². The van der Waals surface area contributed by atoms with E-state index in [0.29, 0.717) is 42.4 Å². The number of ketones is 1. The van der Waals surface area contributed by atoms with Crippen molar-refractivity contribution in [2.75, 3.05) is 44.2 Å². The molecule has 0 saturated carbocycles. The van der Waals surface area contributed by atoms with Crippen LogP contribution in [0.5, 0.6) is 5.75 Å². The van der Waals surface area contributed by atoms with Crippen LogP contribution in [0, 0.1) is 10.1 Å². The van der Waals surface area contributed by atoms with Gasteiger partial charge in [-0.15, -0.1) is 12.4 Å². The fraction of sp³-hybridized carbons (Fsp3) is 0.321. The molecule has 2 aromatic carbocycles. The summed E-state index contributed by atoms with van der Waals surface area (Å²) >= 11 is 0. The van der Waals surface area contributed by atoms with Crippen LogP contribution in [-0.2, 0) is 14.1 Å². The van der Waals surface area contributed by atoms with Crippen LogP contribution >= 0.6 is 12.4 Å². The Morgan fingerprint density at radius 1 is 1.00 bits per heavy atom. The van der Waals surface area contributed by atoms with E-state index in [4.69, 9.17) is 4.74 Å². The third-order valence-corrected chi connectivity index (χ3v) is 6.76. The summed E-state index contributed by atoms with van der Waals surface area (Å²) in [5.41, 5.74) is 0.480. The summed E-state index contributed by atoms with van der Waals surface area (Å²) in [6.07, 6.45) is 3.82. The number of hydrogen-bond acceptors (Lipinski definition) is 8. The van der Waals surface area contributed by atoms with E-state index in [1.165, 1.54) is 35.9 Å². The van der Waals surface area contributed by atoms with E-state index < -0.39 is 4.92 Å². The number of ether oxygens (including phenoxy) is 1. The highest BCUT2D eigenvalue weighted by Gasteiger charge is 2.20. The van der Waals surface area contributed by atoms with Gasteiger partial charge < -0.3 is 9.64 Å². The standard InChI is InChI=1S/C28H31N5O6.ClH/c1-29-26(20-27(35)30(2)28(29)36)32-17-15-31(16-18-32)14-5-19-39-25-7-4-3-6-23(25)24(34)13-10-21-8-11-22(12-9-21)33(37)38;/h3-4,6-13,20H,5,14-19H2,1-2H3;1H. The number of halogens is 1. The van der Waals surface area contributed by atoms with Crippen molar-refractivity contribution in [2.24, 2.45) is 14.1 Å². The normalized spacial score (nSPS) is 13.7. The summed E-state index contributed by atoms with van der Waals surface area (Å²) in [5, 5.41) is 10.8. The van der Waals surface area contributed by atoms with Crippen LogP contribution in [0.2, 0.25) is 0 Å². The number of piperazine rings is 1. The Morgan fingerprint density at radius 3 is 2.35 bits per heavy atom. The Morgan fingerprint density at radius 2 is 1.68 bits per heavy atom. The number of non-ortho nitro benzene ring substituents is 1. The molecular formula is C28H32ClN5O6. The van der Waals surface area contributed by atoms with Crippen LogP contribution in [-0.4, -0.2) is 64.1 Å². The van der Waals surface area contributed by atoms with E-state index in [2.05, 4.69) is 9.80 Å². The zero-order valence-electron chi connectivity index (χ0n) is 22.4. The number of nitro groups is 1. The molecule has 1 aliphatic heterocycles. The number of para-hydroxylation sites is 1. The molecular weight excluding hydrogens is 538 g/mol. The van der Waals surface area contributed by atoms with Gasteiger partial charge in [0.25, 0.3) is 11.2 Å². The molecule has 3 aromatic rings. The average Bonchev–Trinajstić information content (AvgIpc) is 2.95. The molecule has 4 rings (SSSR count). The second-order valence-corrected chi connectivity index (χ2v) is 9.31. The number of aromatic nitrogens is 2. The van der Waals surface area contributed by atoms with Crippen molar-refractivity contribution in [3.63, 3.8) is 0 Å². The van der Waals surface area contributed by atoms with Crippen LogP contribution in [0.4, 0.5) is 11.5 Å². The zero-order valence-corrected chi connectivity index (χ0v) is 23.2. The molecule has 1 aliphatic rings. The van der Waals surface area contributed by atoms with Gasteiger partial charge in [0, 0.05) is 65.0 Å². The van der Waals surface area contributed by atoms with Gasteiger partial charge in [-0.3, -0.25) is 33.7 Å². The van der Waals surface area contributed by atoms with Crippen molar-refractivity contribution in [1.82, 2.24) is 14.0 Å². The van der Waals surface area contributed by atoms with Crippen LogP contribution in [0.3, 0.4) is 0 Å². The number of carbonyl (C=O) groups is 1. The molecule has 1 saturated heterocycles. The highest BCUT2D eigenvalue weighted by Crippen LogP contribution is 2.20. The molecule has 11 nitrogen and oxygen atoms in total. The van der Waals surface area contributed by atoms with E-state index in [9.17, 15) is 24.5 Å². The molecule has 2 heterocycles. The van der Waals surface area contributed by atoms with Gasteiger partial charge in [-0.2, -0.15) is 0 Å². The van der Waals surface area contributed by atoms with Gasteiger partial charge in [-0.05, 0) is 42.3 Å². The van der Waals surface area contributed by atoms with Crippen LogP contribution in [0.25, 0.3) is 6.08 Å². The minimum atomic E-state index is -0.467. The average molecular weight is 570 g/mol. The molecule has 40 heavy (non-hydrogen) atoms. The van der Waals surface area contributed by atoms with Crippen LogP contribution < -0.4 is 20.9 Å². The predicted octanol–water partition coefficient (Wildman–Crippen LogP) is 2.90. The molecule has 0 spiro atoms. The topological polar surface area (TPSA) is 120 Å². The van der Waals surface area contributed by atoms with Crippen LogP contribution in [0.15, 0.2) is 70.3 Å². The molecule has 1 fully saturated rings. The van der Waals surface area contributed by atoms with Gasteiger partial charge in [0.2, 0.25) is 0 Å². The number of allylic oxidation sites excluding steroid dienone is 1. The van der Waals surface area contributed by atoms with Gasteiger partial charge in [-0.1, -0.05) is 18.2 Å². The molecule has 0 unspecified atom stereocenters. The number of carbonyl (C=O) groups excluding carboxylic acids is 1. The molecule has 0 amide bonds.